The number of carboxylic acids is 1. The van der Waals surface area contributed by atoms with Gasteiger partial charge < -0.3 is 15.3 Å². The number of hydrogen-bond donors (Lipinski definition) is 3. The summed E-state index contributed by atoms with van der Waals surface area (Å²) in [6.07, 6.45) is 4.75. The summed E-state index contributed by atoms with van der Waals surface area (Å²) in [5.74, 6) is -1.33. The number of rotatable bonds is 9. The molecule has 0 aromatic rings. The van der Waals surface area contributed by atoms with E-state index in [1.807, 2.05) is 0 Å². The lowest BCUT2D eigenvalue weighted by molar-refractivity contribution is -0.193. The highest BCUT2D eigenvalue weighted by Crippen LogP contribution is 2.32. The fourth-order valence-corrected chi connectivity index (χ4v) is 2.07. The first-order chi connectivity index (χ1) is 7.81. The second kappa shape index (κ2) is 6.97. The molecule has 4 nitrogen and oxygen atoms in total. The number of carbonyl (C=O) groups is 1. The highest BCUT2D eigenvalue weighted by Gasteiger charge is 2.50. The molecule has 0 bridgehead atoms. The van der Waals surface area contributed by atoms with Crippen LogP contribution < -0.4 is 0 Å². The minimum absolute atomic E-state index is 0.0725. The molecular weight excluding hydrogens is 220 g/mol. The second-order valence-electron chi connectivity index (χ2n) is 5.00. The summed E-state index contributed by atoms with van der Waals surface area (Å²) in [4.78, 5) is 11.1. The number of aliphatic carboxylic acids is 1. The van der Waals surface area contributed by atoms with Gasteiger partial charge in [0.15, 0.2) is 5.60 Å². The lowest BCUT2D eigenvalue weighted by Crippen LogP contribution is -2.57. The van der Waals surface area contributed by atoms with Gasteiger partial charge in [-0.05, 0) is 19.8 Å². The Kier molecular flexibility index (Phi) is 6.72. The Hall–Kier alpha value is -0.610. The van der Waals surface area contributed by atoms with E-state index in [4.69, 9.17) is 5.11 Å². The molecule has 3 N–H and O–H groups in total. The number of unbranched alkanes of at least 4 members (excludes halogenated alkanes) is 3. The number of hydrogen-bond acceptors (Lipinski definition) is 3. The topological polar surface area (TPSA) is 77.8 Å². The minimum Gasteiger partial charge on any atom is -0.479 e. The van der Waals surface area contributed by atoms with Crippen molar-refractivity contribution in [3.8, 4) is 0 Å². The minimum atomic E-state index is -2.03. The van der Waals surface area contributed by atoms with Crippen LogP contribution in [0.4, 0.5) is 0 Å². The summed E-state index contributed by atoms with van der Waals surface area (Å²) < 4.78 is 0. The van der Waals surface area contributed by atoms with Gasteiger partial charge >= 0.3 is 5.97 Å². The predicted octanol–water partition coefficient (Wildman–Crippen LogP) is 2.32. The van der Waals surface area contributed by atoms with E-state index >= 15 is 0 Å². The summed E-state index contributed by atoms with van der Waals surface area (Å²) in [5.41, 5.74) is -3.60. The zero-order valence-electron chi connectivity index (χ0n) is 11.2. The molecule has 0 fully saturated rings. The zero-order chi connectivity index (χ0) is 13.5. The van der Waals surface area contributed by atoms with Gasteiger partial charge in [0.2, 0.25) is 0 Å². The van der Waals surface area contributed by atoms with Crippen LogP contribution in [-0.2, 0) is 4.79 Å². The largest absolute Gasteiger partial charge is 0.479 e. The lowest BCUT2D eigenvalue weighted by atomic mass is 9.77. The van der Waals surface area contributed by atoms with Crippen molar-refractivity contribution < 1.29 is 20.1 Å². The van der Waals surface area contributed by atoms with Gasteiger partial charge in [0, 0.05) is 0 Å². The molecule has 17 heavy (non-hydrogen) atoms. The van der Waals surface area contributed by atoms with E-state index in [9.17, 15) is 15.0 Å². The molecule has 0 spiro atoms. The van der Waals surface area contributed by atoms with Crippen LogP contribution in [0.5, 0.6) is 0 Å². The molecule has 2 atom stereocenters. The molecule has 0 aliphatic carbocycles. The van der Waals surface area contributed by atoms with Crippen LogP contribution >= 0.6 is 0 Å². The molecule has 0 saturated carbocycles. The molecule has 102 valence electrons. The van der Waals surface area contributed by atoms with Crippen molar-refractivity contribution in [2.45, 2.75) is 76.9 Å². The lowest BCUT2D eigenvalue weighted by Gasteiger charge is -2.38. The maximum atomic E-state index is 11.1. The molecule has 0 rings (SSSR count). The normalized spacial score (nSPS) is 18.4. The Morgan fingerprint density at radius 3 is 2.00 bits per heavy atom. The molecule has 0 saturated heterocycles. The van der Waals surface area contributed by atoms with Crippen molar-refractivity contribution in [1.29, 1.82) is 0 Å². The summed E-state index contributed by atoms with van der Waals surface area (Å²) in [7, 11) is 0. The first-order valence-corrected chi connectivity index (χ1v) is 6.50. The summed E-state index contributed by atoms with van der Waals surface area (Å²) in [5, 5.41) is 29.4. The van der Waals surface area contributed by atoms with E-state index in [0.717, 1.165) is 25.7 Å². The van der Waals surface area contributed by atoms with Crippen LogP contribution in [-0.4, -0.2) is 32.5 Å². The van der Waals surface area contributed by atoms with Gasteiger partial charge in [-0.25, -0.2) is 4.79 Å². The van der Waals surface area contributed by atoms with Gasteiger partial charge in [-0.1, -0.05) is 46.0 Å². The highest BCUT2D eigenvalue weighted by molar-refractivity contribution is 5.78. The van der Waals surface area contributed by atoms with E-state index in [0.29, 0.717) is 12.8 Å². The zero-order valence-corrected chi connectivity index (χ0v) is 11.2. The fraction of sp³-hybridized carbons (Fsp3) is 0.923. The molecule has 2 unspecified atom stereocenters. The van der Waals surface area contributed by atoms with Crippen molar-refractivity contribution in [1.82, 2.24) is 0 Å². The summed E-state index contributed by atoms with van der Waals surface area (Å²) in [6.45, 7) is 5.30. The van der Waals surface area contributed by atoms with E-state index in [1.54, 1.807) is 6.92 Å². The third kappa shape index (κ3) is 4.28. The van der Waals surface area contributed by atoms with Crippen LogP contribution in [0.1, 0.15) is 65.7 Å². The average molecular weight is 246 g/mol. The molecule has 0 aromatic heterocycles. The standard InChI is InChI=1S/C13H26O4/c1-4-6-7-8-10-12(3,16)13(17,9-5-2)11(14)15/h16-17H,4-10H2,1-3H3,(H,14,15). The molecule has 0 aromatic carbocycles. The molecule has 0 amide bonds. The molecule has 0 radical (unpaired) electrons. The van der Waals surface area contributed by atoms with E-state index < -0.39 is 17.2 Å². The third-order valence-corrected chi connectivity index (χ3v) is 3.37. The molecule has 4 heteroatoms. The van der Waals surface area contributed by atoms with Crippen LogP contribution in [0, 0.1) is 0 Å². The Balaban J connectivity index is 4.55. The van der Waals surface area contributed by atoms with E-state index in [-0.39, 0.29) is 6.42 Å². The monoisotopic (exact) mass is 246 g/mol. The van der Waals surface area contributed by atoms with Gasteiger partial charge in [0.1, 0.15) is 5.60 Å². The quantitative estimate of drug-likeness (QED) is 0.546. The smallest absolute Gasteiger partial charge is 0.338 e. The Labute approximate surface area is 104 Å². The average Bonchev–Trinajstić information content (AvgIpc) is 2.24. The summed E-state index contributed by atoms with van der Waals surface area (Å²) in [6, 6.07) is 0. The van der Waals surface area contributed by atoms with Gasteiger partial charge in [-0.3, -0.25) is 0 Å². The molecule has 0 aliphatic rings. The van der Waals surface area contributed by atoms with Crippen molar-refractivity contribution >= 4 is 5.97 Å². The van der Waals surface area contributed by atoms with Gasteiger partial charge in [-0.2, -0.15) is 0 Å². The van der Waals surface area contributed by atoms with Crippen molar-refractivity contribution in [3.63, 3.8) is 0 Å². The second-order valence-corrected chi connectivity index (χ2v) is 5.00. The maximum absolute atomic E-state index is 11.1. The summed E-state index contributed by atoms with van der Waals surface area (Å²) >= 11 is 0. The Morgan fingerprint density at radius 1 is 1.00 bits per heavy atom. The number of aliphatic hydroxyl groups is 2. The maximum Gasteiger partial charge on any atom is 0.338 e. The molecule has 0 aliphatic heterocycles. The molecular formula is C13H26O4. The Bertz CT molecular complexity index is 238. The number of carboxylic acid groups (broad SMARTS) is 1. The van der Waals surface area contributed by atoms with Gasteiger partial charge in [0.05, 0.1) is 0 Å². The molecule has 0 heterocycles. The first-order valence-electron chi connectivity index (χ1n) is 6.50. The SMILES string of the molecule is CCCCCCC(C)(O)C(O)(CCC)C(=O)O. The van der Waals surface area contributed by atoms with E-state index in [2.05, 4.69) is 6.92 Å². The Morgan fingerprint density at radius 2 is 1.59 bits per heavy atom. The van der Waals surface area contributed by atoms with Crippen LogP contribution in [0.3, 0.4) is 0 Å². The van der Waals surface area contributed by atoms with Gasteiger partial charge in [0.25, 0.3) is 0 Å². The highest BCUT2D eigenvalue weighted by atomic mass is 16.4. The first kappa shape index (κ1) is 16.4. The predicted molar refractivity (Wildman–Crippen MR) is 66.9 cm³/mol. The van der Waals surface area contributed by atoms with Crippen LogP contribution in [0.2, 0.25) is 0 Å². The van der Waals surface area contributed by atoms with Crippen LogP contribution in [0.15, 0.2) is 0 Å². The van der Waals surface area contributed by atoms with Crippen molar-refractivity contribution in [2.75, 3.05) is 0 Å². The van der Waals surface area contributed by atoms with Crippen molar-refractivity contribution in [3.05, 3.63) is 0 Å². The van der Waals surface area contributed by atoms with Gasteiger partial charge in [-0.15, -0.1) is 0 Å². The third-order valence-electron chi connectivity index (χ3n) is 3.37. The van der Waals surface area contributed by atoms with Crippen LogP contribution in [0.25, 0.3) is 0 Å². The fourth-order valence-electron chi connectivity index (χ4n) is 2.07. The van der Waals surface area contributed by atoms with Crippen molar-refractivity contribution in [2.24, 2.45) is 0 Å². The van der Waals surface area contributed by atoms with E-state index in [1.165, 1.54) is 6.92 Å².